The van der Waals surface area contributed by atoms with E-state index < -0.39 is 20.6 Å². The number of pyridine rings is 1. The summed E-state index contributed by atoms with van der Waals surface area (Å²) in [6, 6.07) is 5.32. The Kier molecular flexibility index (Phi) is 7.71. The number of carbonyl (C=O) groups is 1. The van der Waals surface area contributed by atoms with Gasteiger partial charge < -0.3 is 10.6 Å². The van der Waals surface area contributed by atoms with E-state index in [0.717, 1.165) is 15.9 Å². The minimum atomic E-state index is -3.44. The zero-order chi connectivity index (χ0) is 21.8. The number of thiophene rings is 1. The molecule has 2 aromatic heterocycles. The molecule has 1 aliphatic heterocycles. The Bertz CT molecular complexity index is 985. The third kappa shape index (κ3) is 5.12. The Morgan fingerprint density at radius 2 is 2.07 bits per heavy atom. The van der Waals surface area contributed by atoms with Gasteiger partial charge in [-0.05, 0) is 80.7 Å². The minimum Gasteiger partial charge on any atom is -0.348 e. The van der Waals surface area contributed by atoms with E-state index in [0.29, 0.717) is 44.3 Å². The smallest absolute Gasteiger partial charge is 0.253 e. The number of carbonyl (C=O) groups excluding carboxylic acids is 1. The topological polar surface area (TPSA) is 88.2 Å². The number of hydrogen-bond donors (Lipinski definition) is 2. The van der Waals surface area contributed by atoms with Crippen LogP contribution in [0.1, 0.15) is 47.9 Å². The number of amides is 1. The number of piperidine rings is 1. The summed E-state index contributed by atoms with van der Waals surface area (Å²) in [6.45, 7) is 5.01. The highest BCUT2D eigenvalue weighted by atomic mass is 79.9. The molecule has 6 nitrogen and oxygen atoms in total. The van der Waals surface area contributed by atoms with Crippen LogP contribution in [0.2, 0.25) is 0 Å². The van der Waals surface area contributed by atoms with E-state index in [1.807, 2.05) is 37.4 Å². The predicted octanol–water partition coefficient (Wildman–Crippen LogP) is 3.50. The van der Waals surface area contributed by atoms with Gasteiger partial charge in [-0.25, -0.2) is 8.42 Å². The summed E-state index contributed by atoms with van der Waals surface area (Å²) in [7, 11) is -3.44. The standard InChI is InChI=1S/C21H28BrN3O3S2/c1-15-5-3-6-17(24-15)7-4-12-30(27,28)21(8-10-23-11-9-21)16(2)25-20(26)18-13-29-14-19(18)22/h3,5-6,13-14,16,23H,4,7-12H2,1-2H3,(H,25,26)/t16-/m0/s1. The first-order valence-corrected chi connectivity index (χ1v) is 13.5. The number of aryl methyl sites for hydroxylation is 2. The second-order valence-corrected chi connectivity index (χ2v) is 11.9. The molecule has 9 heteroatoms. The Labute approximate surface area is 190 Å². The average Bonchev–Trinajstić information content (AvgIpc) is 3.14. The number of rotatable bonds is 8. The highest BCUT2D eigenvalue weighted by molar-refractivity contribution is 9.10. The van der Waals surface area contributed by atoms with Crippen LogP contribution in [0.25, 0.3) is 0 Å². The number of nitrogens with zero attached hydrogens (tertiary/aromatic N) is 1. The van der Waals surface area contributed by atoms with Crippen LogP contribution in [0.5, 0.6) is 0 Å². The second kappa shape index (κ2) is 9.89. The van der Waals surface area contributed by atoms with Crippen LogP contribution in [-0.2, 0) is 16.3 Å². The van der Waals surface area contributed by atoms with Crippen LogP contribution >= 0.6 is 27.3 Å². The van der Waals surface area contributed by atoms with E-state index in [4.69, 9.17) is 0 Å². The third-order valence-corrected chi connectivity index (χ3v) is 10.4. The molecular weight excluding hydrogens is 486 g/mol. The number of hydrogen-bond acceptors (Lipinski definition) is 6. The molecule has 3 heterocycles. The largest absolute Gasteiger partial charge is 0.348 e. The molecule has 1 amide bonds. The lowest BCUT2D eigenvalue weighted by atomic mass is 9.89. The van der Waals surface area contributed by atoms with E-state index >= 15 is 0 Å². The summed E-state index contributed by atoms with van der Waals surface area (Å²) >= 11 is 4.81. The lowest BCUT2D eigenvalue weighted by Gasteiger charge is -2.42. The van der Waals surface area contributed by atoms with E-state index in [-0.39, 0.29) is 11.7 Å². The molecule has 0 aromatic carbocycles. The zero-order valence-electron chi connectivity index (χ0n) is 17.3. The molecule has 0 bridgehead atoms. The monoisotopic (exact) mass is 513 g/mol. The molecular formula is C21H28BrN3O3S2. The summed E-state index contributed by atoms with van der Waals surface area (Å²) in [5.74, 6) is -0.155. The minimum absolute atomic E-state index is 0.0883. The van der Waals surface area contributed by atoms with Gasteiger partial charge >= 0.3 is 0 Å². The molecule has 0 radical (unpaired) electrons. The van der Waals surface area contributed by atoms with Crippen LogP contribution < -0.4 is 10.6 Å². The van der Waals surface area contributed by atoms with Crippen molar-refractivity contribution in [3.8, 4) is 0 Å². The molecule has 0 aliphatic carbocycles. The molecule has 30 heavy (non-hydrogen) atoms. The van der Waals surface area contributed by atoms with Crippen molar-refractivity contribution in [2.45, 2.75) is 50.3 Å². The summed E-state index contributed by atoms with van der Waals surface area (Å²) < 4.78 is 26.8. The van der Waals surface area contributed by atoms with Crippen molar-refractivity contribution < 1.29 is 13.2 Å². The Morgan fingerprint density at radius 1 is 1.33 bits per heavy atom. The maximum atomic E-state index is 13.5. The highest BCUT2D eigenvalue weighted by Gasteiger charge is 2.48. The molecule has 0 spiro atoms. The van der Waals surface area contributed by atoms with Crippen LogP contribution in [0.15, 0.2) is 33.4 Å². The van der Waals surface area contributed by atoms with Gasteiger partial charge in [0.25, 0.3) is 5.91 Å². The van der Waals surface area contributed by atoms with Crippen molar-refractivity contribution in [3.05, 3.63) is 50.4 Å². The summed E-state index contributed by atoms with van der Waals surface area (Å²) in [4.78, 5) is 17.2. The lowest BCUT2D eigenvalue weighted by molar-refractivity contribution is 0.0925. The van der Waals surface area contributed by atoms with Gasteiger partial charge in [0.15, 0.2) is 9.84 Å². The zero-order valence-corrected chi connectivity index (χ0v) is 20.5. The normalized spacial score (nSPS) is 17.4. The number of sulfone groups is 1. The molecule has 1 atom stereocenters. The molecule has 0 saturated carbocycles. The molecule has 0 unspecified atom stereocenters. The van der Waals surface area contributed by atoms with Crippen molar-refractivity contribution in [1.82, 2.24) is 15.6 Å². The lowest BCUT2D eigenvalue weighted by Crippen LogP contribution is -2.60. The summed E-state index contributed by atoms with van der Waals surface area (Å²) in [5, 5.41) is 9.84. The van der Waals surface area contributed by atoms with E-state index in [9.17, 15) is 13.2 Å². The van der Waals surface area contributed by atoms with Gasteiger partial charge in [0.1, 0.15) is 0 Å². The maximum absolute atomic E-state index is 13.5. The Hall–Kier alpha value is -1.29. The van der Waals surface area contributed by atoms with Gasteiger partial charge in [-0.3, -0.25) is 9.78 Å². The first-order valence-electron chi connectivity index (χ1n) is 10.1. The Balaban J connectivity index is 1.73. The van der Waals surface area contributed by atoms with E-state index in [1.165, 1.54) is 11.3 Å². The molecule has 164 valence electrons. The SMILES string of the molecule is Cc1cccc(CCCS(=O)(=O)C2([C@H](C)NC(=O)c3cscc3Br)CCNCC2)n1. The third-order valence-electron chi connectivity index (χ3n) is 5.86. The first-order chi connectivity index (χ1) is 14.2. The second-order valence-electron chi connectivity index (χ2n) is 7.84. The molecule has 1 fully saturated rings. The van der Waals surface area contributed by atoms with Crippen molar-refractivity contribution in [1.29, 1.82) is 0 Å². The maximum Gasteiger partial charge on any atom is 0.253 e. The van der Waals surface area contributed by atoms with Crippen LogP contribution in [0.3, 0.4) is 0 Å². The van der Waals surface area contributed by atoms with Crippen LogP contribution in [0, 0.1) is 6.92 Å². The predicted molar refractivity (Wildman–Crippen MR) is 125 cm³/mol. The van der Waals surface area contributed by atoms with Gasteiger partial charge in [0.05, 0.1) is 16.1 Å². The quantitative estimate of drug-likeness (QED) is 0.563. The van der Waals surface area contributed by atoms with Crippen molar-refractivity contribution >= 4 is 43.0 Å². The van der Waals surface area contributed by atoms with Gasteiger partial charge in [-0.15, -0.1) is 0 Å². The van der Waals surface area contributed by atoms with Crippen LogP contribution in [-0.4, -0.2) is 48.9 Å². The van der Waals surface area contributed by atoms with Crippen molar-refractivity contribution in [2.24, 2.45) is 0 Å². The average molecular weight is 515 g/mol. The number of nitrogens with one attached hydrogen (secondary N) is 2. The Morgan fingerprint density at radius 3 is 2.70 bits per heavy atom. The number of halogens is 1. The van der Waals surface area contributed by atoms with Crippen LogP contribution in [0.4, 0.5) is 0 Å². The van der Waals surface area contributed by atoms with Crippen molar-refractivity contribution in [3.63, 3.8) is 0 Å². The van der Waals surface area contributed by atoms with Gasteiger partial charge in [-0.2, -0.15) is 11.3 Å². The molecule has 3 rings (SSSR count). The fourth-order valence-corrected chi connectivity index (χ4v) is 7.91. The molecule has 1 aliphatic rings. The molecule has 1 saturated heterocycles. The molecule has 2 N–H and O–H groups in total. The molecule has 2 aromatic rings. The fourth-order valence-electron chi connectivity index (χ4n) is 4.10. The summed E-state index contributed by atoms with van der Waals surface area (Å²) in [5.41, 5.74) is 2.38. The van der Waals surface area contributed by atoms with Gasteiger partial charge in [0.2, 0.25) is 0 Å². The van der Waals surface area contributed by atoms with Gasteiger partial charge in [0, 0.05) is 32.7 Å². The number of aromatic nitrogens is 1. The fraction of sp³-hybridized carbons (Fsp3) is 0.524. The first kappa shape index (κ1) is 23.4. The van der Waals surface area contributed by atoms with E-state index in [1.54, 1.807) is 5.38 Å². The van der Waals surface area contributed by atoms with Crippen molar-refractivity contribution in [2.75, 3.05) is 18.8 Å². The van der Waals surface area contributed by atoms with E-state index in [2.05, 4.69) is 31.5 Å². The highest BCUT2D eigenvalue weighted by Crippen LogP contribution is 2.34. The van der Waals surface area contributed by atoms with Gasteiger partial charge in [-0.1, -0.05) is 6.07 Å². The summed E-state index contributed by atoms with van der Waals surface area (Å²) in [6.07, 6.45) is 2.12.